The molecule has 0 saturated heterocycles. The molecule has 0 aliphatic rings. The predicted octanol–water partition coefficient (Wildman–Crippen LogP) is 4.65. The molecule has 0 bridgehead atoms. The summed E-state index contributed by atoms with van der Waals surface area (Å²) >= 11 is 0. The van der Waals surface area contributed by atoms with Gasteiger partial charge in [-0.2, -0.15) is 0 Å². The SMILES string of the molecule is CCCCCCCCCC[N-]CCCCCCCCCC.[K+]. The Morgan fingerprint density at radius 3 is 1.00 bits per heavy atom. The van der Waals surface area contributed by atoms with Crippen LogP contribution in [0.2, 0.25) is 0 Å². The maximum atomic E-state index is 4.67. The molecule has 0 fully saturated rings. The Hall–Kier alpha value is 1.60. The summed E-state index contributed by atoms with van der Waals surface area (Å²) in [7, 11) is 0. The second kappa shape index (κ2) is 24.8. The molecular formula is C20H42KN. The summed E-state index contributed by atoms with van der Waals surface area (Å²) in [6, 6.07) is 0. The van der Waals surface area contributed by atoms with Crippen LogP contribution in [0, 0.1) is 0 Å². The summed E-state index contributed by atoms with van der Waals surface area (Å²) in [6.07, 6.45) is 22.5. The first kappa shape index (κ1) is 25.8. The standard InChI is InChI=1S/C20H42N.K/c1-3-5-7-9-11-13-15-17-19-21-20-18-16-14-12-10-8-6-4-2;/h3-20H2,1-2H3;/q-1;+1. The van der Waals surface area contributed by atoms with Crippen molar-refractivity contribution in [3.05, 3.63) is 5.32 Å². The van der Waals surface area contributed by atoms with Gasteiger partial charge in [-0.05, 0) is 0 Å². The molecule has 0 aromatic carbocycles. The van der Waals surface area contributed by atoms with E-state index in [9.17, 15) is 0 Å². The smallest absolute Gasteiger partial charge is 0.662 e. The summed E-state index contributed by atoms with van der Waals surface area (Å²) in [5.41, 5.74) is 0. The number of hydrogen-bond donors (Lipinski definition) is 0. The molecule has 0 atom stereocenters. The molecule has 2 heteroatoms. The quantitative estimate of drug-likeness (QED) is 0.256. The Balaban J connectivity index is 0. The van der Waals surface area contributed by atoms with E-state index in [1.165, 1.54) is 103 Å². The average molecular weight is 336 g/mol. The van der Waals surface area contributed by atoms with Crippen molar-refractivity contribution >= 4 is 0 Å². The van der Waals surface area contributed by atoms with Gasteiger partial charge in [0, 0.05) is 0 Å². The summed E-state index contributed by atoms with van der Waals surface area (Å²) in [6.45, 7) is 6.80. The number of unbranched alkanes of at least 4 members (excludes halogenated alkanes) is 14. The van der Waals surface area contributed by atoms with Crippen molar-refractivity contribution < 1.29 is 51.4 Å². The van der Waals surface area contributed by atoms with Crippen molar-refractivity contribution in [2.24, 2.45) is 0 Å². The van der Waals surface area contributed by atoms with Crippen LogP contribution < -0.4 is 51.4 Å². The Kier molecular flexibility index (Phi) is 29.2. The van der Waals surface area contributed by atoms with Crippen LogP contribution in [0.25, 0.3) is 5.32 Å². The fourth-order valence-corrected chi connectivity index (χ4v) is 2.83. The van der Waals surface area contributed by atoms with Gasteiger partial charge in [0.1, 0.15) is 0 Å². The molecule has 128 valence electrons. The molecule has 0 unspecified atom stereocenters. The first-order valence-electron chi connectivity index (χ1n) is 10.0. The monoisotopic (exact) mass is 335 g/mol. The zero-order valence-electron chi connectivity index (χ0n) is 16.2. The molecule has 0 aromatic heterocycles. The van der Waals surface area contributed by atoms with Gasteiger partial charge in [-0.1, -0.05) is 117 Å². The van der Waals surface area contributed by atoms with Crippen LogP contribution >= 0.6 is 0 Å². The van der Waals surface area contributed by atoms with Crippen molar-refractivity contribution in [1.82, 2.24) is 0 Å². The summed E-state index contributed by atoms with van der Waals surface area (Å²) in [5.74, 6) is 0. The van der Waals surface area contributed by atoms with Crippen molar-refractivity contribution in [3.63, 3.8) is 0 Å². The molecule has 0 spiro atoms. The molecule has 22 heavy (non-hydrogen) atoms. The van der Waals surface area contributed by atoms with Crippen LogP contribution in [0.15, 0.2) is 0 Å². The number of rotatable bonds is 18. The topological polar surface area (TPSA) is 14.1 Å². The van der Waals surface area contributed by atoms with Crippen LogP contribution in [0.3, 0.4) is 0 Å². The van der Waals surface area contributed by atoms with Crippen molar-refractivity contribution in [2.75, 3.05) is 13.1 Å². The molecule has 0 aliphatic carbocycles. The van der Waals surface area contributed by atoms with Gasteiger partial charge >= 0.3 is 51.4 Å². The van der Waals surface area contributed by atoms with E-state index in [0.29, 0.717) is 0 Å². The Labute approximate surface area is 184 Å². The van der Waals surface area contributed by atoms with Crippen LogP contribution in [-0.2, 0) is 0 Å². The van der Waals surface area contributed by atoms with Crippen LogP contribution in [0.5, 0.6) is 0 Å². The second-order valence-corrected chi connectivity index (χ2v) is 6.62. The van der Waals surface area contributed by atoms with Crippen molar-refractivity contribution in [2.45, 2.75) is 117 Å². The largest absolute Gasteiger partial charge is 1.00 e. The first-order chi connectivity index (χ1) is 10.4. The maximum absolute atomic E-state index is 4.67. The van der Waals surface area contributed by atoms with E-state index in [0.717, 1.165) is 13.1 Å². The van der Waals surface area contributed by atoms with E-state index in [-0.39, 0.29) is 51.4 Å². The maximum Gasteiger partial charge on any atom is 1.00 e. The van der Waals surface area contributed by atoms with Gasteiger partial charge in [-0.15, -0.1) is 13.1 Å². The van der Waals surface area contributed by atoms with E-state index in [1.807, 2.05) is 0 Å². The van der Waals surface area contributed by atoms with E-state index in [4.69, 9.17) is 0 Å². The minimum Gasteiger partial charge on any atom is -0.662 e. The van der Waals surface area contributed by atoms with Gasteiger partial charge < -0.3 is 5.32 Å². The zero-order valence-corrected chi connectivity index (χ0v) is 19.3. The van der Waals surface area contributed by atoms with Gasteiger partial charge in [0.05, 0.1) is 0 Å². The molecule has 0 N–H and O–H groups in total. The van der Waals surface area contributed by atoms with E-state index < -0.39 is 0 Å². The Morgan fingerprint density at radius 2 is 0.682 bits per heavy atom. The zero-order chi connectivity index (χ0) is 15.4. The predicted molar refractivity (Wildman–Crippen MR) is 98.3 cm³/mol. The van der Waals surface area contributed by atoms with Crippen molar-refractivity contribution in [3.8, 4) is 0 Å². The average Bonchev–Trinajstić information content (AvgIpc) is 2.50. The fraction of sp³-hybridized carbons (Fsp3) is 1.00. The molecule has 1 nitrogen and oxygen atoms in total. The van der Waals surface area contributed by atoms with Gasteiger partial charge in [0.25, 0.3) is 0 Å². The van der Waals surface area contributed by atoms with Gasteiger partial charge in [0.15, 0.2) is 0 Å². The Bertz CT molecular complexity index is 155. The second-order valence-electron chi connectivity index (χ2n) is 6.62. The van der Waals surface area contributed by atoms with Crippen molar-refractivity contribution in [1.29, 1.82) is 0 Å². The number of nitrogens with zero attached hydrogens (tertiary/aromatic N) is 1. The minimum atomic E-state index is 0. The van der Waals surface area contributed by atoms with E-state index >= 15 is 0 Å². The van der Waals surface area contributed by atoms with Crippen LogP contribution in [0.1, 0.15) is 117 Å². The third kappa shape index (κ3) is 23.9. The number of hydrogen-bond acceptors (Lipinski definition) is 0. The normalized spacial score (nSPS) is 10.6. The molecule has 0 radical (unpaired) electrons. The van der Waals surface area contributed by atoms with E-state index in [1.54, 1.807) is 0 Å². The Morgan fingerprint density at radius 1 is 0.409 bits per heavy atom. The first-order valence-corrected chi connectivity index (χ1v) is 10.0. The van der Waals surface area contributed by atoms with E-state index in [2.05, 4.69) is 19.2 Å². The summed E-state index contributed by atoms with van der Waals surface area (Å²) in [4.78, 5) is 0. The summed E-state index contributed by atoms with van der Waals surface area (Å²) in [5, 5.41) is 4.67. The molecule has 0 aromatic rings. The fourth-order valence-electron chi connectivity index (χ4n) is 2.83. The van der Waals surface area contributed by atoms with Crippen LogP contribution in [-0.4, -0.2) is 13.1 Å². The molecule has 0 saturated carbocycles. The molecule has 0 amide bonds. The summed E-state index contributed by atoms with van der Waals surface area (Å²) < 4.78 is 0. The molecular weight excluding hydrogens is 293 g/mol. The van der Waals surface area contributed by atoms with Crippen LogP contribution in [0.4, 0.5) is 0 Å². The third-order valence-corrected chi connectivity index (χ3v) is 4.34. The van der Waals surface area contributed by atoms with Gasteiger partial charge in [-0.3, -0.25) is 0 Å². The molecule has 0 rings (SSSR count). The van der Waals surface area contributed by atoms with Gasteiger partial charge in [0.2, 0.25) is 0 Å². The minimum absolute atomic E-state index is 0. The third-order valence-electron chi connectivity index (χ3n) is 4.34. The molecule has 0 heterocycles. The molecule has 0 aliphatic heterocycles. The van der Waals surface area contributed by atoms with Gasteiger partial charge in [-0.25, -0.2) is 0 Å².